The molecule has 2 aliphatic rings. The Morgan fingerprint density at radius 2 is 1.77 bits per heavy atom. The van der Waals surface area contributed by atoms with Crippen molar-refractivity contribution in [2.24, 2.45) is 0 Å². The van der Waals surface area contributed by atoms with Crippen LogP contribution in [0, 0.1) is 25.2 Å². The van der Waals surface area contributed by atoms with Gasteiger partial charge in [0.25, 0.3) is 0 Å². The van der Waals surface area contributed by atoms with Crippen LogP contribution in [0.15, 0.2) is 24.3 Å². The molecule has 0 radical (unpaired) electrons. The number of aromatic nitrogens is 3. The van der Waals surface area contributed by atoms with Crippen LogP contribution in [-0.4, -0.2) is 101 Å². The summed E-state index contributed by atoms with van der Waals surface area (Å²) in [6.07, 6.45) is -2.24. The number of aryl methyl sites for hydroxylation is 2. The number of alkyl halides is 3. The fourth-order valence-electron chi connectivity index (χ4n) is 6.98. The Morgan fingerprint density at radius 3 is 2.42 bits per heavy atom. The van der Waals surface area contributed by atoms with Gasteiger partial charge in [-0.05, 0) is 62.9 Å². The molecule has 5 heterocycles. The number of rotatable bonds is 9. The number of piperidine rings is 1. The number of hydrogen-bond donors (Lipinski definition) is 1. The summed E-state index contributed by atoms with van der Waals surface area (Å²) in [5.41, 5.74) is 4.01. The Morgan fingerprint density at radius 1 is 1.06 bits per heavy atom. The van der Waals surface area contributed by atoms with E-state index in [-0.39, 0.29) is 17.0 Å². The molecule has 2 saturated heterocycles. The highest BCUT2D eigenvalue weighted by atomic mass is 32.2. The van der Waals surface area contributed by atoms with Crippen LogP contribution in [0.5, 0.6) is 0 Å². The van der Waals surface area contributed by atoms with E-state index >= 15 is 0 Å². The largest absolute Gasteiger partial charge is 0.393 e. The minimum Gasteiger partial charge on any atom is -0.367 e. The Kier molecular flexibility index (Phi) is 9.76. The first-order chi connectivity index (χ1) is 22.7. The van der Waals surface area contributed by atoms with Crippen molar-refractivity contribution in [2.75, 3.05) is 50.8 Å². The number of anilines is 1. The number of hydrogen-bond acceptors (Lipinski definition) is 9. The number of thiophene rings is 1. The van der Waals surface area contributed by atoms with Crippen molar-refractivity contribution in [3.05, 3.63) is 51.8 Å². The third kappa shape index (κ3) is 7.63. The highest BCUT2D eigenvalue weighted by Gasteiger charge is 2.30. The van der Waals surface area contributed by atoms with E-state index in [1.807, 2.05) is 6.07 Å². The van der Waals surface area contributed by atoms with Crippen LogP contribution in [0.1, 0.15) is 47.3 Å². The maximum atomic E-state index is 13.0. The van der Waals surface area contributed by atoms with E-state index in [1.54, 1.807) is 13.0 Å². The van der Waals surface area contributed by atoms with Crippen LogP contribution in [0.25, 0.3) is 21.1 Å². The van der Waals surface area contributed by atoms with E-state index in [2.05, 4.69) is 61.7 Å². The quantitative estimate of drug-likeness (QED) is 0.251. The van der Waals surface area contributed by atoms with Crippen LogP contribution in [0.4, 0.5) is 19.0 Å². The molecule has 0 aliphatic carbocycles. The summed E-state index contributed by atoms with van der Waals surface area (Å²) in [4.78, 5) is 14.4. The molecular weight excluding hydrogens is 662 g/mol. The van der Waals surface area contributed by atoms with Crippen molar-refractivity contribution >= 4 is 48.3 Å². The van der Waals surface area contributed by atoms with Gasteiger partial charge in [-0.15, -0.1) is 11.3 Å². The minimum absolute atomic E-state index is 0.133. The standard InChI is InChI=1S/C33H41F3N8O2S2/c1-21(42-11-13-43(14-12-42)48(4,45)46)19-44-26(18-37)15-28-22(2)24(5-6-30(28)44)20-41-9-7-25(8-10-41)40-31-29-16-27(17-33(34,35)36)47-32(29)39-23(3)38-31/h5-6,15-16,21,25H,7-14,17,19-20H2,1-4H3,(H,38,39,40)/t21-/m1/s1. The normalized spacial score (nSPS) is 18.5. The number of sulfonamides is 1. The molecule has 4 aromatic rings. The predicted octanol–water partition coefficient (Wildman–Crippen LogP) is 5.28. The van der Waals surface area contributed by atoms with Crippen molar-refractivity contribution in [3.63, 3.8) is 0 Å². The van der Waals surface area contributed by atoms with Gasteiger partial charge in [-0.25, -0.2) is 18.4 Å². The molecule has 6 rings (SSSR count). The molecule has 0 spiro atoms. The smallest absolute Gasteiger partial charge is 0.367 e. The van der Waals surface area contributed by atoms with E-state index < -0.39 is 22.6 Å². The van der Waals surface area contributed by atoms with Gasteiger partial charge in [-0.3, -0.25) is 9.80 Å². The molecular formula is C33H41F3N8O2S2. The predicted molar refractivity (Wildman–Crippen MR) is 183 cm³/mol. The van der Waals surface area contributed by atoms with Crippen molar-refractivity contribution in [3.8, 4) is 6.07 Å². The number of halogens is 3. The molecule has 258 valence electrons. The molecule has 2 aliphatic heterocycles. The molecule has 1 aromatic carbocycles. The van der Waals surface area contributed by atoms with Crippen molar-refractivity contribution < 1.29 is 21.6 Å². The van der Waals surface area contributed by atoms with Crippen molar-refractivity contribution in [2.45, 2.75) is 71.4 Å². The highest BCUT2D eigenvalue weighted by Crippen LogP contribution is 2.34. The van der Waals surface area contributed by atoms with E-state index in [0.717, 1.165) is 60.3 Å². The number of nitriles is 1. The lowest BCUT2D eigenvalue weighted by atomic mass is 10.0. The Hall–Kier alpha value is -3.29. The Bertz CT molecular complexity index is 1950. The van der Waals surface area contributed by atoms with Crippen LogP contribution in [0.2, 0.25) is 0 Å². The van der Waals surface area contributed by atoms with Gasteiger partial charge >= 0.3 is 6.18 Å². The molecule has 3 aromatic heterocycles. The van der Waals surface area contributed by atoms with Gasteiger partial charge in [-0.1, -0.05) is 6.07 Å². The van der Waals surface area contributed by atoms with Crippen LogP contribution in [-0.2, 0) is 29.5 Å². The third-order valence-electron chi connectivity index (χ3n) is 9.65. The molecule has 48 heavy (non-hydrogen) atoms. The zero-order valence-corrected chi connectivity index (χ0v) is 29.3. The fraction of sp³-hybridized carbons (Fsp3) is 0.545. The first-order valence-corrected chi connectivity index (χ1v) is 18.9. The lowest BCUT2D eigenvalue weighted by molar-refractivity contribution is -0.126. The monoisotopic (exact) mass is 702 g/mol. The number of likely N-dealkylation sites (tertiary alicyclic amines) is 1. The zero-order valence-electron chi connectivity index (χ0n) is 27.6. The maximum absolute atomic E-state index is 13.0. The van der Waals surface area contributed by atoms with Gasteiger partial charge < -0.3 is 9.88 Å². The summed E-state index contributed by atoms with van der Waals surface area (Å²) in [6, 6.07) is 10.5. The van der Waals surface area contributed by atoms with Gasteiger partial charge in [0, 0.05) is 80.2 Å². The average Bonchev–Trinajstić information content (AvgIpc) is 3.58. The summed E-state index contributed by atoms with van der Waals surface area (Å²) in [5.74, 6) is 1.13. The van der Waals surface area contributed by atoms with Crippen molar-refractivity contribution in [1.82, 2.24) is 28.6 Å². The highest BCUT2D eigenvalue weighted by molar-refractivity contribution is 7.88. The van der Waals surface area contributed by atoms with E-state index in [0.29, 0.717) is 60.3 Å². The second-order valence-corrected chi connectivity index (χ2v) is 16.2. The number of fused-ring (bicyclic) bond motifs is 2. The van der Waals surface area contributed by atoms with Gasteiger partial charge in [0.2, 0.25) is 10.0 Å². The SMILES string of the molecule is Cc1nc(NC2CCN(Cc3ccc4c(cc(C#N)n4C[C@@H](C)N4CCN(S(C)(=O)=O)CC4)c3C)CC2)c2cc(CC(F)(F)F)sc2n1. The molecule has 10 nitrogen and oxygen atoms in total. The zero-order chi connectivity index (χ0) is 34.4. The maximum Gasteiger partial charge on any atom is 0.393 e. The second kappa shape index (κ2) is 13.5. The summed E-state index contributed by atoms with van der Waals surface area (Å²) < 4.78 is 66.5. The van der Waals surface area contributed by atoms with E-state index in [1.165, 1.54) is 16.1 Å². The number of nitrogens with one attached hydrogen (secondary N) is 1. The first kappa shape index (κ1) is 34.6. The molecule has 1 N–H and O–H groups in total. The number of piperazine rings is 1. The second-order valence-electron chi connectivity index (χ2n) is 13.1. The Balaban J connectivity index is 1.09. The molecule has 0 saturated carbocycles. The number of benzene rings is 1. The minimum atomic E-state index is -4.27. The lowest BCUT2D eigenvalue weighted by Crippen LogP contribution is -2.51. The third-order valence-corrected chi connectivity index (χ3v) is 12.0. The fourth-order valence-corrected chi connectivity index (χ4v) is 8.91. The summed E-state index contributed by atoms with van der Waals surface area (Å²) in [5, 5.41) is 15.2. The summed E-state index contributed by atoms with van der Waals surface area (Å²) in [6.45, 7) is 11.4. The summed E-state index contributed by atoms with van der Waals surface area (Å²) in [7, 11) is -3.19. The number of nitrogens with zero attached hydrogens (tertiary/aromatic N) is 7. The lowest BCUT2D eigenvalue weighted by Gasteiger charge is -2.37. The average molecular weight is 703 g/mol. The first-order valence-electron chi connectivity index (χ1n) is 16.2. The van der Waals surface area contributed by atoms with E-state index in [9.17, 15) is 26.9 Å². The van der Waals surface area contributed by atoms with Gasteiger partial charge in [0.1, 0.15) is 28.2 Å². The van der Waals surface area contributed by atoms with Gasteiger partial charge in [0.15, 0.2) is 0 Å². The van der Waals surface area contributed by atoms with Crippen LogP contribution in [0.3, 0.4) is 0 Å². The molecule has 0 amide bonds. The molecule has 1 atom stereocenters. The molecule has 15 heteroatoms. The molecule has 2 fully saturated rings. The van der Waals surface area contributed by atoms with Gasteiger partial charge in [-0.2, -0.15) is 22.7 Å². The Labute approximate surface area is 283 Å². The van der Waals surface area contributed by atoms with Crippen LogP contribution >= 0.6 is 11.3 Å². The van der Waals surface area contributed by atoms with Crippen LogP contribution < -0.4 is 5.32 Å². The topological polar surface area (TPSA) is 110 Å². The van der Waals surface area contributed by atoms with Crippen molar-refractivity contribution in [1.29, 1.82) is 5.26 Å². The summed E-state index contributed by atoms with van der Waals surface area (Å²) >= 11 is 1.07. The molecule has 0 bridgehead atoms. The molecule has 0 unspecified atom stereocenters. The van der Waals surface area contributed by atoms with Gasteiger partial charge in [0.05, 0.1) is 18.1 Å². The van der Waals surface area contributed by atoms with E-state index in [4.69, 9.17) is 0 Å².